The average Bonchev–Trinajstić information content (AvgIpc) is 2.47. The first-order valence-corrected chi connectivity index (χ1v) is 7.16. The van der Waals surface area contributed by atoms with Crippen LogP contribution >= 0.6 is 15.9 Å². The van der Waals surface area contributed by atoms with E-state index >= 15 is 0 Å². The molecule has 0 fully saturated rings. The van der Waals surface area contributed by atoms with E-state index in [1.807, 2.05) is 49.5 Å². The van der Waals surface area contributed by atoms with Gasteiger partial charge in [-0.2, -0.15) is 0 Å². The summed E-state index contributed by atoms with van der Waals surface area (Å²) in [6.07, 6.45) is 0. The van der Waals surface area contributed by atoms with Gasteiger partial charge in [-0.25, -0.2) is 0 Å². The molecular formula is C16H18BrNO2. The van der Waals surface area contributed by atoms with E-state index in [0.29, 0.717) is 0 Å². The number of benzene rings is 2. The predicted molar refractivity (Wildman–Crippen MR) is 85.2 cm³/mol. The van der Waals surface area contributed by atoms with Crippen LogP contribution in [0.25, 0.3) is 0 Å². The lowest BCUT2D eigenvalue weighted by Crippen LogP contribution is -2.18. The van der Waals surface area contributed by atoms with Crippen LogP contribution < -0.4 is 9.64 Å². The van der Waals surface area contributed by atoms with Gasteiger partial charge in [0.1, 0.15) is 5.75 Å². The van der Waals surface area contributed by atoms with Gasteiger partial charge in [0.05, 0.1) is 13.7 Å². The Morgan fingerprint density at radius 1 is 1.15 bits per heavy atom. The molecule has 1 N–H and O–H groups in total. The number of halogens is 1. The third kappa shape index (κ3) is 3.52. The van der Waals surface area contributed by atoms with Crippen LogP contribution in [0.15, 0.2) is 46.9 Å². The van der Waals surface area contributed by atoms with E-state index in [1.54, 1.807) is 7.11 Å². The molecule has 0 aliphatic rings. The minimum absolute atomic E-state index is 0.0295. The minimum Gasteiger partial charge on any atom is -0.497 e. The highest BCUT2D eigenvalue weighted by molar-refractivity contribution is 9.10. The maximum absolute atomic E-state index is 9.46. The number of aliphatic hydroxyl groups excluding tert-OH is 1. The normalized spacial score (nSPS) is 10.4. The van der Waals surface area contributed by atoms with Gasteiger partial charge in [0, 0.05) is 29.3 Å². The number of methoxy groups -OCH3 is 1. The van der Waals surface area contributed by atoms with Crippen LogP contribution in [-0.4, -0.2) is 19.3 Å². The molecule has 0 aliphatic heterocycles. The standard InChI is InChI=1S/C16H18BrNO2/c1-18(10-12-3-6-15(20-2)7-4-12)16-8-5-14(17)9-13(16)11-19/h3-9,19H,10-11H2,1-2H3. The quantitative estimate of drug-likeness (QED) is 0.906. The van der Waals surface area contributed by atoms with Gasteiger partial charge < -0.3 is 14.7 Å². The third-order valence-corrected chi connectivity index (χ3v) is 3.70. The Morgan fingerprint density at radius 3 is 2.45 bits per heavy atom. The Balaban J connectivity index is 2.16. The molecule has 0 aliphatic carbocycles. The number of hydrogen-bond acceptors (Lipinski definition) is 3. The first kappa shape index (κ1) is 14.9. The molecule has 2 aromatic rings. The first-order chi connectivity index (χ1) is 9.63. The van der Waals surface area contributed by atoms with Crippen LogP contribution in [0.3, 0.4) is 0 Å². The van der Waals surface area contributed by atoms with Gasteiger partial charge in [-0.05, 0) is 35.9 Å². The number of rotatable bonds is 5. The fraction of sp³-hybridized carbons (Fsp3) is 0.250. The average molecular weight is 336 g/mol. The number of hydrogen-bond donors (Lipinski definition) is 1. The molecule has 3 nitrogen and oxygen atoms in total. The second kappa shape index (κ2) is 6.77. The van der Waals surface area contributed by atoms with E-state index in [4.69, 9.17) is 4.74 Å². The Kier molecular flexibility index (Phi) is 5.04. The molecule has 106 valence electrons. The zero-order chi connectivity index (χ0) is 14.5. The molecule has 0 radical (unpaired) electrons. The summed E-state index contributed by atoms with van der Waals surface area (Å²) >= 11 is 3.43. The van der Waals surface area contributed by atoms with Crippen LogP contribution in [0.2, 0.25) is 0 Å². The fourth-order valence-electron chi connectivity index (χ4n) is 2.14. The molecule has 2 rings (SSSR count). The van der Waals surface area contributed by atoms with Crippen molar-refractivity contribution in [3.63, 3.8) is 0 Å². The van der Waals surface area contributed by atoms with Crippen molar-refractivity contribution < 1.29 is 9.84 Å². The predicted octanol–water partition coefficient (Wildman–Crippen LogP) is 3.59. The van der Waals surface area contributed by atoms with Crippen molar-refractivity contribution in [2.24, 2.45) is 0 Å². The molecular weight excluding hydrogens is 318 g/mol. The molecule has 20 heavy (non-hydrogen) atoms. The largest absolute Gasteiger partial charge is 0.497 e. The van der Waals surface area contributed by atoms with E-state index in [0.717, 1.165) is 28.0 Å². The summed E-state index contributed by atoms with van der Waals surface area (Å²) in [5.74, 6) is 0.857. The van der Waals surface area contributed by atoms with Gasteiger partial charge in [-0.1, -0.05) is 28.1 Å². The summed E-state index contributed by atoms with van der Waals surface area (Å²) in [5, 5.41) is 9.46. The molecule has 0 saturated heterocycles. The smallest absolute Gasteiger partial charge is 0.118 e. The van der Waals surface area contributed by atoms with Crippen molar-refractivity contribution in [3.05, 3.63) is 58.1 Å². The molecule has 0 amide bonds. The van der Waals surface area contributed by atoms with Crippen LogP contribution in [0.4, 0.5) is 5.69 Å². The van der Waals surface area contributed by atoms with Crippen LogP contribution in [-0.2, 0) is 13.2 Å². The number of nitrogens with zero attached hydrogens (tertiary/aromatic N) is 1. The molecule has 2 aromatic carbocycles. The molecule has 0 bridgehead atoms. The molecule has 4 heteroatoms. The summed E-state index contributed by atoms with van der Waals surface area (Å²) in [6.45, 7) is 0.806. The summed E-state index contributed by atoms with van der Waals surface area (Å²) < 4.78 is 6.13. The lowest BCUT2D eigenvalue weighted by molar-refractivity contribution is 0.282. The molecule has 0 unspecified atom stereocenters. The second-order valence-electron chi connectivity index (χ2n) is 4.64. The Labute approximate surface area is 127 Å². The highest BCUT2D eigenvalue weighted by atomic mass is 79.9. The summed E-state index contributed by atoms with van der Waals surface area (Å²) in [5.41, 5.74) is 3.14. The molecule has 0 spiro atoms. The maximum Gasteiger partial charge on any atom is 0.118 e. The summed E-state index contributed by atoms with van der Waals surface area (Å²) in [7, 11) is 3.68. The first-order valence-electron chi connectivity index (χ1n) is 6.37. The highest BCUT2D eigenvalue weighted by Crippen LogP contribution is 2.25. The Hall–Kier alpha value is -1.52. The zero-order valence-electron chi connectivity index (χ0n) is 11.6. The van der Waals surface area contributed by atoms with E-state index in [1.165, 1.54) is 5.56 Å². The van der Waals surface area contributed by atoms with Crippen molar-refractivity contribution in [2.75, 3.05) is 19.1 Å². The molecule has 0 atom stereocenters. The SMILES string of the molecule is COc1ccc(CN(C)c2ccc(Br)cc2CO)cc1. The Morgan fingerprint density at radius 2 is 1.85 bits per heavy atom. The number of aliphatic hydroxyl groups is 1. The van der Waals surface area contributed by atoms with Crippen molar-refractivity contribution in [1.82, 2.24) is 0 Å². The van der Waals surface area contributed by atoms with Crippen molar-refractivity contribution in [3.8, 4) is 5.75 Å². The topological polar surface area (TPSA) is 32.7 Å². The van der Waals surface area contributed by atoms with Gasteiger partial charge in [0.2, 0.25) is 0 Å². The van der Waals surface area contributed by atoms with Crippen molar-refractivity contribution >= 4 is 21.6 Å². The highest BCUT2D eigenvalue weighted by Gasteiger charge is 2.08. The van der Waals surface area contributed by atoms with E-state index in [-0.39, 0.29) is 6.61 Å². The van der Waals surface area contributed by atoms with Crippen molar-refractivity contribution in [1.29, 1.82) is 0 Å². The zero-order valence-corrected chi connectivity index (χ0v) is 13.2. The lowest BCUT2D eigenvalue weighted by atomic mass is 10.1. The fourth-order valence-corrected chi connectivity index (χ4v) is 2.55. The second-order valence-corrected chi connectivity index (χ2v) is 5.55. The van der Waals surface area contributed by atoms with E-state index in [9.17, 15) is 5.11 Å². The summed E-state index contributed by atoms with van der Waals surface area (Å²) in [4.78, 5) is 2.12. The lowest BCUT2D eigenvalue weighted by Gasteiger charge is -2.22. The molecule has 0 saturated carbocycles. The van der Waals surface area contributed by atoms with Gasteiger partial charge >= 0.3 is 0 Å². The van der Waals surface area contributed by atoms with Gasteiger partial charge in [0.15, 0.2) is 0 Å². The number of anilines is 1. The van der Waals surface area contributed by atoms with E-state index < -0.39 is 0 Å². The van der Waals surface area contributed by atoms with E-state index in [2.05, 4.69) is 20.8 Å². The molecule has 0 aromatic heterocycles. The maximum atomic E-state index is 9.46. The van der Waals surface area contributed by atoms with Gasteiger partial charge in [0.25, 0.3) is 0 Å². The van der Waals surface area contributed by atoms with Crippen molar-refractivity contribution in [2.45, 2.75) is 13.2 Å². The van der Waals surface area contributed by atoms with Gasteiger partial charge in [-0.3, -0.25) is 0 Å². The van der Waals surface area contributed by atoms with Gasteiger partial charge in [-0.15, -0.1) is 0 Å². The number of ether oxygens (including phenoxy) is 1. The third-order valence-electron chi connectivity index (χ3n) is 3.20. The summed E-state index contributed by atoms with van der Waals surface area (Å²) in [6, 6.07) is 14.0. The molecule has 0 heterocycles. The monoisotopic (exact) mass is 335 g/mol. The van der Waals surface area contributed by atoms with Crippen LogP contribution in [0, 0.1) is 0 Å². The minimum atomic E-state index is 0.0295. The Bertz CT molecular complexity index is 569. The van der Waals surface area contributed by atoms with Crippen LogP contribution in [0.5, 0.6) is 5.75 Å². The van der Waals surface area contributed by atoms with Crippen LogP contribution in [0.1, 0.15) is 11.1 Å².